The van der Waals surface area contributed by atoms with E-state index in [9.17, 15) is 22.8 Å². The van der Waals surface area contributed by atoms with E-state index in [1.54, 1.807) is 23.1 Å². The number of nitrogens with zero attached hydrogens (tertiary/aromatic N) is 1. The fourth-order valence-electron chi connectivity index (χ4n) is 3.25. The Hall–Kier alpha value is -3.03. The maximum atomic E-state index is 12.9. The molecule has 1 saturated heterocycles. The van der Waals surface area contributed by atoms with Gasteiger partial charge in [0.2, 0.25) is 0 Å². The zero-order chi connectivity index (χ0) is 21.7. The Kier molecular flexibility index (Phi) is 6.64. The summed E-state index contributed by atoms with van der Waals surface area (Å²) in [5, 5.41) is 2.83. The number of esters is 1. The van der Waals surface area contributed by atoms with Crippen LogP contribution in [0.25, 0.3) is 0 Å². The summed E-state index contributed by atoms with van der Waals surface area (Å²) >= 11 is 0. The number of hydrogen-bond donors (Lipinski definition) is 1. The topological polar surface area (TPSA) is 58.6 Å². The van der Waals surface area contributed by atoms with E-state index in [1.807, 2.05) is 0 Å². The van der Waals surface area contributed by atoms with E-state index in [0.29, 0.717) is 24.7 Å². The van der Waals surface area contributed by atoms with Gasteiger partial charge in [-0.2, -0.15) is 13.2 Å². The number of nitrogens with one attached hydrogen (secondary N) is 1. The summed E-state index contributed by atoms with van der Waals surface area (Å²) in [6.07, 6.45) is -2.63. The molecule has 0 spiro atoms. The molecule has 0 unspecified atom stereocenters. The van der Waals surface area contributed by atoms with Crippen LogP contribution in [0.1, 0.15) is 35.7 Å². The third-order valence-electron chi connectivity index (χ3n) is 5.08. The average molecular weight is 420 g/mol. The minimum absolute atomic E-state index is 0.134. The fourth-order valence-corrected chi connectivity index (χ4v) is 3.25. The van der Waals surface area contributed by atoms with Crippen molar-refractivity contribution in [1.82, 2.24) is 4.90 Å². The van der Waals surface area contributed by atoms with Crippen LogP contribution in [0.4, 0.5) is 24.5 Å². The molecule has 0 aliphatic carbocycles. The van der Waals surface area contributed by atoms with Gasteiger partial charge in [-0.1, -0.05) is 25.1 Å². The lowest BCUT2D eigenvalue weighted by molar-refractivity contribution is -0.137. The van der Waals surface area contributed by atoms with Crippen LogP contribution in [0, 0.1) is 5.92 Å². The van der Waals surface area contributed by atoms with Crippen LogP contribution in [-0.4, -0.2) is 36.5 Å². The molecule has 1 fully saturated rings. The number of rotatable bonds is 5. The number of alkyl halides is 3. The maximum absolute atomic E-state index is 12.9. The van der Waals surface area contributed by atoms with Gasteiger partial charge in [0.25, 0.3) is 5.91 Å². The monoisotopic (exact) mass is 420 g/mol. The van der Waals surface area contributed by atoms with Gasteiger partial charge in [0, 0.05) is 18.8 Å². The summed E-state index contributed by atoms with van der Waals surface area (Å²) in [6, 6.07) is 11.0. The van der Waals surface area contributed by atoms with Gasteiger partial charge in [0.15, 0.2) is 6.61 Å². The second kappa shape index (κ2) is 9.19. The molecular formula is C22H23F3N2O3. The lowest BCUT2D eigenvalue weighted by atomic mass is 9.99. The highest BCUT2D eigenvalue weighted by molar-refractivity contribution is 5.97. The molecule has 0 atom stereocenters. The van der Waals surface area contributed by atoms with Crippen LogP contribution in [-0.2, 0) is 15.7 Å². The Labute approximate surface area is 172 Å². The first-order valence-corrected chi connectivity index (χ1v) is 9.72. The molecule has 1 aliphatic rings. The van der Waals surface area contributed by atoms with Gasteiger partial charge in [0.05, 0.1) is 16.8 Å². The molecule has 0 bridgehead atoms. The number of likely N-dealkylation sites (tertiary alicyclic amines) is 1. The Morgan fingerprint density at radius 3 is 2.50 bits per heavy atom. The van der Waals surface area contributed by atoms with E-state index in [-0.39, 0.29) is 23.8 Å². The predicted molar refractivity (Wildman–Crippen MR) is 106 cm³/mol. The van der Waals surface area contributed by atoms with E-state index >= 15 is 0 Å². The first kappa shape index (κ1) is 21.7. The minimum Gasteiger partial charge on any atom is -0.452 e. The molecule has 8 heteroatoms. The first-order chi connectivity index (χ1) is 14.2. The van der Waals surface area contributed by atoms with E-state index in [4.69, 9.17) is 4.74 Å². The van der Waals surface area contributed by atoms with Crippen molar-refractivity contribution in [2.75, 3.05) is 25.0 Å². The van der Waals surface area contributed by atoms with E-state index in [2.05, 4.69) is 12.2 Å². The number of para-hydroxylation sites is 1. The number of anilines is 2. The van der Waals surface area contributed by atoms with Gasteiger partial charge in [-0.15, -0.1) is 0 Å². The van der Waals surface area contributed by atoms with Gasteiger partial charge < -0.3 is 15.0 Å². The summed E-state index contributed by atoms with van der Waals surface area (Å²) in [5.74, 6) is -0.396. The Morgan fingerprint density at radius 2 is 1.80 bits per heavy atom. The maximum Gasteiger partial charge on any atom is 0.416 e. The van der Waals surface area contributed by atoms with Gasteiger partial charge in [0.1, 0.15) is 0 Å². The standard InChI is InChI=1S/C22H23F3N2O3/c1-15-9-11-27(12-10-15)20(28)14-30-21(29)18-7-2-3-8-19(18)26-17-6-4-5-16(13-17)22(23,24)25/h2-8,13,15,26H,9-12,14H2,1H3. The van der Waals surface area contributed by atoms with E-state index < -0.39 is 17.7 Å². The number of ether oxygens (including phenoxy) is 1. The van der Waals surface area contributed by atoms with Crippen molar-refractivity contribution in [3.63, 3.8) is 0 Å². The fraction of sp³-hybridized carbons (Fsp3) is 0.364. The number of hydrogen-bond acceptors (Lipinski definition) is 4. The van der Waals surface area contributed by atoms with Crippen molar-refractivity contribution < 1.29 is 27.5 Å². The molecule has 30 heavy (non-hydrogen) atoms. The van der Waals surface area contributed by atoms with Crippen molar-refractivity contribution >= 4 is 23.3 Å². The molecule has 0 saturated carbocycles. The number of amides is 1. The normalized spacial score (nSPS) is 15.0. The van der Waals surface area contributed by atoms with Crippen LogP contribution in [0.5, 0.6) is 0 Å². The summed E-state index contributed by atoms with van der Waals surface area (Å²) < 4.78 is 44.0. The lowest BCUT2D eigenvalue weighted by Crippen LogP contribution is -2.40. The van der Waals surface area contributed by atoms with Crippen LogP contribution in [0.15, 0.2) is 48.5 Å². The molecular weight excluding hydrogens is 397 g/mol. The van der Waals surface area contributed by atoms with Crippen LogP contribution in [0.2, 0.25) is 0 Å². The number of piperidine rings is 1. The summed E-state index contributed by atoms with van der Waals surface area (Å²) in [4.78, 5) is 26.5. The number of halogens is 3. The molecule has 3 rings (SSSR count). The van der Waals surface area contributed by atoms with Gasteiger partial charge in [-0.25, -0.2) is 4.79 Å². The average Bonchev–Trinajstić information content (AvgIpc) is 2.72. The molecule has 1 aliphatic heterocycles. The Balaban J connectivity index is 1.66. The molecule has 5 nitrogen and oxygen atoms in total. The van der Waals surface area contributed by atoms with Crippen molar-refractivity contribution in [1.29, 1.82) is 0 Å². The van der Waals surface area contributed by atoms with Gasteiger partial charge >= 0.3 is 12.1 Å². The number of benzene rings is 2. The van der Waals surface area contributed by atoms with E-state index in [1.165, 1.54) is 18.2 Å². The molecule has 1 heterocycles. The smallest absolute Gasteiger partial charge is 0.416 e. The lowest BCUT2D eigenvalue weighted by Gasteiger charge is -2.30. The molecule has 0 aromatic heterocycles. The van der Waals surface area contributed by atoms with Crippen molar-refractivity contribution in [2.24, 2.45) is 5.92 Å². The highest BCUT2D eigenvalue weighted by atomic mass is 19.4. The Morgan fingerprint density at radius 1 is 1.10 bits per heavy atom. The van der Waals surface area contributed by atoms with Gasteiger partial charge in [-0.05, 0) is 49.1 Å². The highest BCUT2D eigenvalue weighted by Crippen LogP contribution is 2.32. The predicted octanol–water partition coefficient (Wildman–Crippen LogP) is 4.86. The van der Waals surface area contributed by atoms with Crippen molar-refractivity contribution in [3.05, 3.63) is 59.7 Å². The molecule has 1 N–H and O–H groups in total. The largest absolute Gasteiger partial charge is 0.452 e. The minimum atomic E-state index is -4.47. The summed E-state index contributed by atoms with van der Waals surface area (Å²) in [5.41, 5.74) is -0.186. The van der Waals surface area contributed by atoms with Crippen molar-refractivity contribution in [3.8, 4) is 0 Å². The highest BCUT2D eigenvalue weighted by Gasteiger charge is 2.30. The molecule has 160 valence electrons. The number of carbonyl (C=O) groups excluding carboxylic acids is 2. The second-order valence-corrected chi connectivity index (χ2v) is 7.39. The second-order valence-electron chi connectivity index (χ2n) is 7.39. The molecule has 2 aromatic carbocycles. The zero-order valence-electron chi connectivity index (χ0n) is 16.5. The zero-order valence-corrected chi connectivity index (χ0v) is 16.5. The van der Waals surface area contributed by atoms with E-state index in [0.717, 1.165) is 25.0 Å². The number of carbonyl (C=O) groups is 2. The Bertz CT molecular complexity index is 906. The van der Waals surface area contributed by atoms with Crippen LogP contribution >= 0.6 is 0 Å². The van der Waals surface area contributed by atoms with Crippen LogP contribution in [0.3, 0.4) is 0 Å². The quantitative estimate of drug-likeness (QED) is 0.702. The SMILES string of the molecule is CC1CCN(C(=O)COC(=O)c2ccccc2Nc2cccc(C(F)(F)F)c2)CC1. The molecule has 1 amide bonds. The van der Waals surface area contributed by atoms with Crippen LogP contribution < -0.4 is 5.32 Å². The third kappa shape index (κ3) is 5.52. The van der Waals surface area contributed by atoms with Crippen molar-refractivity contribution in [2.45, 2.75) is 25.9 Å². The molecule has 2 aromatic rings. The molecule has 0 radical (unpaired) electrons. The third-order valence-corrected chi connectivity index (χ3v) is 5.08. The summed E-state index contributed by atoms with van der Waals surface area (Å²) in [7, 11) is 0. The first-order valence-electron chi connectivity index (χ1n) is 9.72. The summed E-state index contributed by atoms with van der Waals surface area (Å²) in [6.45, 7) is 3.05. The van der Waals surface area contributed by atoms with Gasteiger partial charge in [-0.3, -0.25) is 4.79 Å².